The van der Waals surface area contributed by atoms with Gasteiger partial charge in [-0.25, -0.2) is 4.68 Å². The SMILES string of the molecule is COc1cccc(C(=O)NCCNc2ccc(-n3cccn3)nn2)c1OC. The molecule has 0 saturated heterocycles. The summed E-state index contributed by atoms with van der Waals surface area (Å²) in [5, 5.41) is 18.2. The summed E-state index contributed by atoms with van der Waals surface area (Å²) in [6.45, 7) is 0.898. The van der Waals surface area contributed by atoms with Crippen LogP contribution in [0.5, 0.6) is 11.5 Å². The molecule has 2 N–H and O–H groups in total. The van der Waals surface area contributed by atoms with E-state index < -0.39 is 0 Å². The van der Waals surface area contributed by atoms with Crippen LogP contribution in [0.3, 0.4) is 0 Å². The molecule has 140 valence electrons. The van der Waals surface area contributed by atoms with Gasteiger partial charge in [0.1, 0.15) is 5.82 Å². The van der Waals surface area contributed by atoms with E-state index in [1.165, 1.54) is 14.2 Å². The molecule has 0 fully saturated rings. The quantitative estimate of drug-likeness (QED) is 0.581. The summed E-state index contributed by atoms with van der Waals surface area (Å²) >= 11 is 0. The first kappa shape index (κ1) is 18.2. The van der Waals surface area contributed by atoms with Crippen molar-refractivity contribution >= 4 is 11.7 Å². The number of amides is 1. The summed E-state index contributed by atoms with van der Waals surface area (Å²) in [4.78, 5) is 12.4. The van der Waals surface area contributed by atoms with Crippen molar-refractivity contribution in [1.29, 1.82) is 0 Å². The Kier molecular flexibility index (Phi) is 5.83. The van der Waals surface area contributed by atoms with Gasteiger partial charge in [0.25, 0.3) is 5.91 Å². The zero-order valence-corrected chi connectivity index (χ0v) is 15.0. The third-order valence-electron chi connectivity index (χ3n) is 3.75. The van der Waals surface area contributed by atoms with Gasteiger partial charge in [-0.15, -0.1) is 10.2 Å². The molecule has 3 rings (SSSR count). The Morgan fingerprint density at radius 1 is 1.07 bits per heavy atom. The van der Waals surface area contributed by atoms with Crippen LogP contribution >= 0.6 is 0 Å². The van der Waals surface area contributed by atoms with Crippen molar-refractivity contribution in [2.24, 2.45) is 0 Å². The average molecular weight is 368 g/mol. The fourth-order valence-corrected chi connectivity index (χ4v) is 2.47. The Morgan fingerprint density at radius 2 is 1.96 bits per heavy atom. The van der Waals surface area contributed by atoms with Crippen LogP contribution in [-0.2, 0) is 0 Å². The van der Waals surface area contributed by atoms with Crippen molar-refractivity contribution in [3.63, 3.8) is 0 Å². The molecule has 0 atom stereocenters. The molecule has 9 heteroatoms. The van der Waals surface area contributed by atoms with Crippen LogP contribution in [0.4, 0.5) is 5.82 Å². The second kappa shape index (κ2) is 8.65. The number of ether oxygens (including phenoxy) is 2. The first-order valence-corrected chi connectivity index (χ1v) is 8.29. The van der Waals surface area contributed by atoms with Gasteiger partial charge in [0.05, 0.1) is 19.8 Å². The van der Waals surface area contributed by atoms with E-state index >= 15 is 0 Å². The van der Waals surface area contributed by atoms with Crippen LogP contribution in [0, 0.1) is 0 Å². The van der Waals surface area contributed by atoms with Gasteiger partial charge in [-0.05, 0) is 30.3 Å². The van der Waals surface area contributed by atoms with E-state index in [4.69, 9.17) is 9.47 Å². The molecule has 0 aliphatic heterocycles. The number of aromatic nitrogens is 4. The standard InChI is InChI=1S/C18H20N6O3/c1-26-14-6-3-5-13(17(14)27-2)18(25)20-11-10-19-15-7-8-16(23-22-15)24-12-4-9-21-24/h3-9,12H,10-11H2,1-2H3,(H,19,22)(H,20,25). The molecule has 1 aromatic carbocycles. The molecule has 27 heavy (non-hydrogen) atoms. The van der Waals surface area contributed by atoms with Gasteiger partial charge < -0.3 is 20.1 Å². The smallest absolute Gasteiger partial charge is 0.255 e. The maximum atomic E-state index is 12.4. The molecule has 0 radical (unpaired) electrons. The highest BCUT2D eigenvalue weighted by Crippen LogP contribution is 2.30. The second-order valence-electron chi connectivity index (χ2n) is 5.45. The summed E-state index contributed by atoms with van der Waals surface area (Å²) in [7, 11) is 3.03. The number of methoxy groups -OCH3 is 2. The van der Waals surface area contributed by atoms with Gasteiger partial charge >= 0.3 is 0 Å². The van der Waals surface area contributed by atoms with Crippen LogP contribution in [0.1, 0.15) is 10.4 Å². The van der Waals surface area contributed by atoms with Gasteiger partial charge in [0, 0.05) is 25.5 Å². The monoisotopic (exact) mass is 368 g/mol. The van der Waals surface area contributed by atoms with Gasteiger partial charge in [0.2, 0.25) is 0 Å². The van der Waals surface area contributed by atoms with Gasteiger partial charge in [-0.1, -0.05) is 6.07 Å². The van der Waals surface area contributed by atoms with E-state index in [-0.39, 0.29) is 5.91 Å². The molecular formula is C18H20N6O3. The molecule has 0 unspecified atom stereocenters. The number of hydrogen-bond donors (Lipinski definition) is 2. The zero-order chi connectivity index (χ0) is 19.1. The molecule has 2 heterocycles. The summed E-state index contributed by atoms with van der Waals surface area (Å²) in [5.74, 6) is 1.91. The second-order valence-corrected chi connectivity index (χ2v) is 5.45. The highest BCUT2D eigenvalue weighted by molar-refractivity contribution is 5.97. The third-order valence-corrected chi connectivity index (χ3v) is 3.75. The topological polar surface area (TPSA) is 103 Å². The maximum absolute atomic E-state index is 12.4. The number of nitrogens with zero attached hydrogens (tertiary/aromatic N) is 4. The predicted octanol–water partition coefficient (Wildman–Crippen LogP) is 1.52. The third kappa shape index (κ3) is 4.32. The Morgan fingerprint density at radius 3 is 2.63 bits per heavy atom. The fraction of sp³-hybridized carbons (Fsp3) is 0.222. The number of benzene rings is 1. The van der Waals surface area contributed by atoms with E-state index in [0.717, 1.165) is 0 Å². The van der Waals surface area contributed by atoms with Crippen molar-refractivity contribution in [3.05, 3.63) is 54.4 Å². The van der Waals surface area contributed by atoms with E-state index in [0.29, 0.717) is 41.8 Å². The molecule has 3 aromatic rings. The Bertz CT molecular complexity index is 881. The molecule has 0 saturated carbocycles. The van der Waals surface area contributed by atoms with Crippen LogP contribution in [0.15, 0.2) is 48.8 Å². The summed E-state index contributed by atoms with van der Waals surface area (Å²) in [6, 6.07) is 10.6. The molecule has 0 aliphatic rings. The van der Waals surface area contributed by atoms with E-state index in [2.05, 4.69) is 25.9 Å². The lowest BCUT2D eigenvalue weighted by Gasteiger charge is -2.12. The Labute approximate surface area is 156 Å². The number of carbonyl (C=O) groups is 1. The summed E-state index contributed by atoms with van der Waals surface area (Å²) in [6.07, 6.45) is 3.47. The van der Waals surface area contributed by atoms with Crippen molar-refractivity contribution in [3.8, 4) is 17.3 Å². The minimum absolute atomic E-state index is 0.243. The van der Waals surface area contributed by atoms with E-state index in [1.54, 1.807) is 41.3 Å². The van der Waals surface area contributed by atoms with E-state index in [9.17, 15) is 4.79 Å². The number of para-hydroxylation sites is 1. The number of anilines is 1. The highest BCUT2D eigenvalue weighted by atomic mass is 16.5. The number of carbonyl (C=O) groups excluding carboxylic acids is 1. The first-order valence-electron chi connectivity index (χ1n) is 8.29. The molecule has 0 bridgehead atoms. The van der Waals surface area contributed by atoms with Crippen molar-refractivity contribution in [2.45, 2.75) is 0 Å². The van der Waals surface area contributed by atoms with Gasteiger partial charge in [0.15, 0.2) is 17.3 Å². The minimum atomic E-state index is -0.243. The van der Waals surface area contributed by atoms with Crippen molar-refractivity contribution < 1.29 is 14.3 Å². The summed E-state index contributed by atoms with van der Waals surface area (Å²) < 4.78 is 12.1. The number of rotatable bonds is 8. The number of hydrogen-bond acceptors (Lipinski definition) is 7. The van der Waals surface area contributed by atoms with Crippen LogP contribution in [-0.4, -0.2) is 53.2 Å². The van der Waals surface area contributed by atoms with Crippen LogP contribution in [0.2, 0.25) is 0 Å². The lowest BCUT2D eigenvalue weighted by Crippen LogP contribution is -2.29. The lowest BCUT2D eigenvalue weighted by molar-refractivity contribution is 0.0951. The van der Waals surface area contributed by atoms with Crippen LogP contribution < -0.4 is 20.1 Å². The maximum Gasteiger partial charge on any atom is 0.255 e. The zero-order valence-electron chi connectivity index (χ0n) is 15.0. The van der Waals surface area contributed by atoms with Gasteiger partial charge in [-0.3, -0.25) is 4.79 Å². The molecule has 9 nitrogen and oxygen atoms in total. The summed E-state index contributed by atoms with van der Waals surface area (Å²) in [5.41, 5.74) is 0.417. The highest BCUT2D eigenvalue weighted by Gasteiger charge is 2.15. The van der Waals surface area contributed by atoms with Crippen molar-refractivity contribution in [1.82, 2.24) is 25.3 Å². The molecule has 1 amide bonds. The molecule has 0 aliphatic carbocycles. The van der Waals surface area contributed by atoms with Gasteiger partial charge in [-0.2, -0.15) is 5.10 Å². The Hall–Kier alpha value is -3.62. The fourth-order valence-electron chi connectivity index (χ4n) is 2.47. The minimum Gasteiger partial charge on any atom is -0.493 e. The average Bonchev–Trinajstić information content (AvgIpc) is 3.25. The first-order chi connectivity index (χ1) is 13.2. The van der Waals surface area contributed by atoms with Crippen LogP contribution in [0.25, 0.3) is 5.82 Å². The normalized spacial score (nSPS) is 10.3. The number of nitrogens with one attached hydrogen (secondary N) is 2. The largest absolute Gasteiger partial charge is 0.493 e. The van der Waals surface area contributed by atoms with E-state index in [1.807, 2.05) is 12.1 Å². The molecular weight excluding hydrogens is 348 g/mol. The predicted molar refractivity (Wildman–Crippen MR) is 99.5 cm³/mol. The lowest BCUT2D eigenvalue weighted by atomic mass is 10.1. The molecule has 0 spiro atoms. The molecule has 2 aromatic heterocycles. The Balaban J connectivity index is 1.51. The van der Waals surface area contributed by atoms with Crippen molar-refractivity contribution in [2.75, 3.05) is 32.6 Å².